The molecule has 4 aromatic rings. The van der Waals surface area contributed by atoms with Crippen molar-refractivity contribution >= 4 is 23.3 Å². The number of ether oxygens (including phenoxy) is 1. The molecule has 0 amide bonds. The van der Waals surface area contributed by atoms with E-state index in [1.54, 1.807) is 61.5 Å². The van der Waals surface area contributed by atoms with Crippen LogP contribution in [0.5, 0.6) is 0 Å². The fraction of sp³-hybridized carbons (Fsp3) is 0.0909. The van der Waals surface area contributed by atoms with Gasteiger partial charge in [-0.1, -0.05) is 36.4 Å². The van der Waals surface area contributed by atoms with Gasteiger partial charge >= 0.3 is 23.3 Å². The Kier molecular flexibility index (Phi) is 7.81. The average molecular weight is 494 g/mol. The number of carbonyl (C=O) groups excluding carboxylic acids is 1. The molecule has 36 heavy (non-hydrogen) atoms. The quantitative estimate of drug-likeness (QED) is 0.226. The van der Waals surface area contributed by atoms with Gasteiger partial charge in [0.05, 0.1) is 27.8 Å². The topological polar surface area (TPSA) is 186 Å². The summed E-state index contributed by atoms with van der Waals surface area (Å²) in [6, 6.07) is 17.4. The van der Waals surface area contributed by atoms with Crippen LogP contribution in [0.25, 0.3) is 11.4 Å². The number of aromatic nitrogens is 4. The summed E-state index contributed by atoms with van der Waals surface area (Å²) in [6.07, 6.45) is 2.28. The van der Waals surface area contributed by atoms with E-state index in [0.29, 0.717) is 11.4 Å². The van der Waals surface area contributed by atoms with Crippen LogP contribution < -0.4 is 0 Å². The monoisotopic (exact) mass is 494 g/mol. The van der Waals surface area contributed by atoms with Crippen molar-refractivity contribution in [2.75, 3.05) is 6.61 Å². The molecular formula is C22H18N6O8. The molecule has 0 spiro atoms. The van der Waals surface area contributed by atoms with Crippen LogP contribution >= 0.6 is 0 Å². The molecule has 0 radical (unpaired) electrons. The zero-order valence-corrected chi connectivity index (χ0v) is 18.6. The van der Waals surface area contributed by atoms with Crippen molar-refractivity contribution in [2.24, 2.45) is 0 Å². The molecule has 2 aromatic carbocycles. The number of carboxylic acids is 1. The third kappa shape index (κ3) is 5.74. The van der Waals surface area contributed by atoms with E-state index >= 15 is 0 Å². The maximum Gasteiger partial charge on any atom is 0.366 e. The molecule has 2 aromatic heterocycles. The number of aromatic carboxylic acids is 1. The SMILES string of the molecule is CCOC(=O)c1nn(-c2ccccc2)cc1[N+](=O)[O-].O=C(O)c1nn(-c2ccccc2)cc1[N+](=O)[O-]. The van der Waals surface area contributed by atoms with Crippen molar-refractivity contribution in [2.45, 2.75) is 6.92 Å². The molecule has 0 saturated heterocycles. The Morgan fingerprint density at radius 2 is 1.25 bits per heavy atom. The van der Waals surface area contributed by atoms with Crippen LogP contribution in [-0.4, -0.2) is 53.1 Å². The van der Waals surface area contributed by atoms with Crippen LogP contribution in [0, 0.1) is 20.2 Å². The molecule has 14 nitrogen and oxygen atoms in total. The number of esters is 1. The smallest absolute Gasteiger partial charge is 0.366 e. The van der Waals surface area contributed by atoms with Crippen molar-refractivity contribution in [1.29, 1.82) is 0 Å². The van der Waals surface area contributed by atoms with Crippen LogP contribution in [0.3, 0.4) is 0 Å². The zero-order valence-electron chi connectivity index (χ0n) is 18.6. The van der Waals surface area contributed by atoms with Gasteiger partial charge < -0.3 is 9.84 Å². The minimum absolute atomic E-state index is 0.133. The number of rotatable bonds is 7. The summed E-state index contributed by atoms with van der Waals surface area (Å²) in [5.74, 6) is -2.23. The average Bonchev–Trinajstić information content (AvgIpc) is 3.52. The largest absolute Gasteiger partial charge is 0.476 e. The Balaban J connectivity index is 0.000000202. The van der Waals surface area contributed by atoms with Crippen LogP contribution in [0.1, 0.15) is 27.9 Å². The van der Waals surface area contributed by atoms with Crippen molar-refractivity contribution < 1.29 is 29.3 Å². The van der Waals surface area contributed by atoms with Crippen LogP contribution in [0.2, 0.25) is 0 Å². The minimum Gasteiger partial charge on any atom is -0.476 e. The molecule has 1 N–H and O–H groups in total. The second kappa shape index (κ2) is 11.1. The van der Waals surface area contributed by atoms with E-state index < -0.39 is 33.2 Å². The summed E-state index contributed by atoms with van der Waals surface area (Å²) in [5.41, 5.74) is -0.581. The Hall–Kier alpha value is -5.40. The highest BCUT2D eigenvalue weighted by atomic mass is 16.6. The van der Waals surface area contributed by atoms with Gasteiger partial charge in [0.25, 0.3) is 0 Å². The third-order valence-electron chi connectivity index (χ3n) is 4.50. The molecule has 0 bridgehead atoms. The second-order valence-electron chi connectivity index (χ2n) is 6.83. The van der Waals surface area contributed by atoms with Gasteiger partial charge in [0.2, 0.25) is 11.4 Å². The highest BCUT2D eigenvalue weighted by Gasteiger charge is 2.27. The number of carboxylic acid groups (broad SMARTS) is 1. The number of benzene rings is 2. The molecule has 4 rings (SSSR count). The third-order valence-corrected chi connectivity index (χ3v) is 4.50. The molecule has 0 aliphatic carbocycles. The first-order chi connectivity index (χ1) is 17.2. The van der Waals surface area contributed by atoms with Gasteiger partial charge in [-0.15, -0.1) is 0 Å². The van der Waals surface area contributed by atoms with E-state index in [2.05, 4.69) is 10.2 Å². The van der Waals surface area contributed by atoms with Crippen molar-refractivity contribution in [3.8, 4) is 11.4 Å². The molecule has 2 heterocycles. The molecule has 0 saturated carbocycles. The van der Waals surface area contributed by atoms with Gasteiger partial charge in [0.15, 0.2) is 0 Å². The lowest BCUT2D eigenvalue weighted by atomic mass is 10.3. The van der Waals surface area contributed by atoms with E-state index in [-0.39, 0.29) is 18.0 Å². The maximum absolute atomic E-state index is 11.6. The fourth-order valence-electron chi connectivity index (χ4n) is 2.92. The summed E-state index contributed by atoms with van der Waals surface area (Å²) in [7, 11) is 0. The van der Waals surface area contributed by atoms with Crippen LogP contribution in [0.4, 0.5) is 11.4 Å². The number of hydrogen-bond acceptors (Lipinski definition) is 9. The number of hydrogen-bond donors (Lipinski definition) is 1. The van der Waals surface area contributed by atoms with Crippen molar-refractivity contribution in [3.05, 3.63) is 105 Å². The van der Waals surface area contributed by atoms with Gasteiger partial charge in [0, 0.05) is 0 Å². The summed E-state index contributed by atoms with van der Waals surface area (Å²) < 4.78 is 7.20. The molecule has 0 atom stereocenters. The van der Waals surface area contributed by atoms with E-state index in [4.69, 9.17) is 9.84 Å². The minimum atomic E-state index is -1.42. The molecule has 0 fully saturated rings. The first-order valence-corrected chi connectivity index (χ1v) is 10.2. The predicted octanol–water partition coefficient (Wildman–Crippen LogP) is 3.44. The second-order valence-corrected chi connectivity index (χ2v) is 6.83. The van der Waals surface area contributed by atoms with E-state index in [9.17, 15) is 29.8 Å². The standard InChI is InChI=1S/C12H11N3O4.C10H7N3O4/c1-2-19-12(16)11-10(15(17)18)8-14(13-11)9-6-4-3-5-7-9;14-10(15)9-8(13(16)17)6-12(11-9)7-4-2-1-3-5-7/h3-8H,2H2,1H3;1-6H,(H,14,15). The highest BCUT2D eigenvalue weighted by molar-refractivity contribution is 5.91. The summed E-state index contributed by atoms with van der Waals surface area (Å²) in [6.45, 7) is 1.76. The summed E-state index contributed by atoms with van der Waals surface area (Å²) in [4.78, 5) is 42.6. The predicted molar refractivity (Wildman–Crippen MR) is 123 cm³/mol. The molecule has 14 heteroatoms. The molecule has 0 aliphatic heterocycles. The number of para-hydroxylation sites is 2. The van der Waals surface area contributed by atoms with E-state index in [1.807, 2.05) is 6.07 Å². The van der Waals surface area contributed by atoms with Crippen molar-refractivity contribution in [3.63, 3.8) is 0 Å². The number of nitro groups is 2. The number of carbonyl (C=O) groups is 2. The van der Waals surface area contributed by atoms with Crippen LogP contribution in [-0.2, 0) is 4.74 Å². The Labute approximate surface area is 202 Å². The normalized spacial score (nSPS) is 10.1. The van der Waals surface area contributed by atoms with E-state index in [1.165, 1.54) is 15.6 Å². The summed E-state index contributed by atoms with van der Waals surface area (Å²) in [5, 5.41) is 38.0. The van der Waals surface area contributed by atoms with E-state index in [0.717, 1.165) is 6.20 Å². The molecule has 0 unspecified atom stereocenters. The molecule has 0 aliphatic rings. The lowest BCUT2D eigenvalue weighted by molar-refractivity contribution is -0.385. The lowest BCUT2D eigenvalue weighted by Gasteiger charge is -1.99. The van der Waals surface area contributed by atoms with Gasteiger partial charge in [0.1, 0.15) is 12.4 Å². The lowest BCUT2D eigenvalue weighted by Crippen LogP contribution is -2.08. The van der Waals surface area contributed by atoms with Gasteiger partial charge in [-0.05, 0) is 31.2 Å². The van der Waals surface area contributed by atoms with Gasteiger partial charge in [-0.3, -0.25) is 20.2 Å². The Morgan fingerprint density at radius 1 is 0.833 bits per heavy atom. The zero-order chi connectivity index (χ0) is 26.2. The molecular weight excluding hydrogens is 476 g/mol. The maximum atomic E-state index is 11.6. The summed E-state index contributed by atoms with van der Waals surface area (Å²) >= 11 is 0. The Bertz CT molecular complexity index is 1370. The molecule has 184 valence electrons. The van der Waals surface area contributed by atoms with Gasteiger partial charge in [-0.25, -0.2) is 19.0 Å². The van der Waals surface area contributed by atoms with Crippen molar-refractivity contribution in [1.82, 2.24) is 19.6 Å². The number of nitrogens with zero attached hydrogens (tertiary/aromatic N) is 6. The highest BCUT2D eigenvalue weighted by Crippen LogP contribution is 2.21. The first-order valence-electron chi connectivity index (χ1n) is 10.2. The fourth-order valence-corrected chi connectivity index (χ4v) is 2.92. The first kappa shape index (κ1) is 25.2. The van der Waals surface area contributed by atoms with Gasteiger partial charge in [-0.2, -0.15) is 10.2 Å². The Morgan fingerprint density at radius 3 is 1.61 bits per heavy atom. The van der Waals surface area contributed by atoms with Crippen LogP contribution in [0.15, 0.2) is 73.1 Å².